The maximum absolute atomic E-state index is 12.6. The van der Waals surface area contributed by atoms with Gasteiger partial charge in [-0.2, -0.15) is 0 Å². The van der Waals surface area contributed by atoms with Crippen molar-refractivity contribution in [2.24, 2.45) is 0 Å². The molecule has 4 amide bonds. The van der Waals surface area contributed by atoms with E-state index in [9.17, 15) is 14.4 Å². The lowest BCUT2D eigenvalue weighted by Gasteiger charge is -2.24. The highest BCUT2D eigenvalue weighted by Crippen LogP contribution is 2.24. The molecular weight excluding hydrogens is 318 g/mol. The maximum atomic E-state index is 12.6. The third-order valence-corrected chi connectivity index (χ3v) is 5.08. The molecule has 0 aliphatic carbocycles. The Kier molecular flexibility index (Phi) is 5.50. The molecule has 0 spiro atoms. The molecule has 0 saturated carbocycles. The van der Waals surface area contributed by atoms with Gasteiger partial charge in [-0.25, -0.2) is 4.79 Å². The number of likely N-dealkylation sites (N-methyl/N-ethyl adjacent to an activating group) is 1. The summed E-state index contributed by atoms with van der Waals surface area (Å²) in [6, 6.07) is 5.60. The Bertz CT molecular complexity index is 695. The quantitative estimate of drug-likeness (QED) is 0.805. The number of carbonyl (C=O) groups excluding carboxylic acids is 3. The predicted molar refractivity (Wildman–Crippen MR) is 95.9 cm³/mol. The van der Waals surface area contributed by atoms with Gasteiger partial charge in [0.1, 0.15) is 12.1 Å². The average Bonchev–Trinajstić information content (AvgIpc) is 2.81. The minimum Gasteiger partial charge on any atom is -0.340 e. The second-order valence-electron chi connectivity index (χ2n) is 6.79. The first-order valence-electron chi connectivity index (χ1n) is 8.68. The van der Waals surface area contributed by atoms with Crippen molar-refractivity contribution in [1.82, 2.24) is 15.1 Å². The molecule has 1 fully saturated rings. The van der Waals surface area contributed by atoms with Crippen LogP contribution in [0.2, 0.25) is 0 Å². The molecule has 25 heavy (non-hydrogen) atoms. The number of rotatable bonds is 6. The fourth-order valence-corrected chi connectivity index (χ4v) is 3.17. The van der Waals surface area contributed by atoms with Crippen LogP contribution in [0.25, 0.3) is 0 Å². The number of nitrogens with one attached hydrogen (secondary N) is 1. The first-order chi connectivity index (χ1) is 11.7. The van der Waals surface area contributed by atoms with Gasteiger partial charge >= 0.3 is 6.03 Å². The summed E-state index contributed by atoms with van der Waals surface area (Å²) in [5, 5.41) is 2.74. The molecule has 0 bridgehead atoms. The van der Waals surface area contributed by atoms with Crippen LogP contribution in [0.15, 0.2) is 18.2 Å². The fourth-order valence-electron chi connectivity index (χ4n) is 3.17. The van der Waals surface area contributed by atoms with Crippen molar-refractivity contribution in [1.29, 1.82) is 0 Å². The van der Waals surface area contributed by atoms with Gasteiger partial charge in [-0.05, 0) is 37.8 Å². The SMILES string of the molecule is CCC1(CC)NC(=O)N(CC(=O)N(C)Cc2ccc(C)cc2C)C1=O. The van der Waals surface area contributed by atoms with Crippen LogP contribution in [0.4, 0.5) is 4.79 Å². The topological polar surface area (TPSA) is 69.7 Å². The lowest BCUT2D eigenvalue weighted by atomic mass is 9.93. The van der Waals surface area contributed by atoms with E-state index in [1.54, 1.807) is 11.9 Å². The van der Waals surface area contributed by atoms with Crippen LogP contribution in [0.5, 0.6) is 0 Å². The Morgan fingerprint density at radius 3 is 2.36 bits per heavy atom. The summed E-state index contributed by atoms with van der Waals surface area (Å²) < 4.78 is 0. The summed E-state index contributed by atoms with van der Waals surface area (Å²) in [5.41, 5.74) is 2.47. The van der Waals surface area contributed by atoms with Crippen LogP contribution in [-0.4, -0.2) is 46.8 Å². The number of aryl methyl sites for hydroxylation is 2. The first kappa shape index (κ1) is 19.0. The van der Waals surface area contributed by atoms with Gasteiger partial charge < -0.3 is 10.2 Å². The Hall–Kier alpha value is -2.37. The molecule has 1 heterocycles. The van der Waals surface area contributed by atoms with Gasteiger partial charge in [0.15, 0.2) is 0 Å². The second-order valence-corrected chi connectivity index (χ2v) is 6.79. The smallest absolute Gasteiger partial charge is 0.325 e. The van der Waals surface area contributed by atoms with Crippen molar-refractivity contribution in [3.8, 4) is 0 Å². The monoisotopic (exact) mass is 345 g/mol. The molecule has 136 valence electrons. The van der Waals surface area contributed by atoms with Crippen LogP contribution >= 0.6 is 0 Å². The number of hydrogen-bond donors (Lipinski definition) is 1. The highest BCUT2D eigenvalue weighted by molar-refractivity contribution is 6.08. The van der Waals surface area contributed by atoms with Gasteiger partial charge in [-0.15, -0.1) is 0 Å². The van der Waals surface area contributed by atoms with E-state index in [1.165, 1.54) is 5.56 Å². The Morgan fingerprint density at radius 2 is 1.84 bits per heavy atom. The van der Waals surface area contributed by atoms with Gasteiger partial charge in [0, 0.05) is 13.6 Å². The number of nitrogens with zero attached hydrogens (tertiary/aromatic N) is 2. The fraction of sp³-hybridized carbons (Fsp3) is 0.526. The van der Waals surface area contributed by atoms with Gasteiger partial charge in [0.25, 0.3) is 5.91 Å². The summed E-state index contributed by atoms with van der Waals surface area (Å²) in [5.74, 6) is -0.567. The molecule has 2 rings (SSSR count). The summed E-state index contributed by atoms with van der Waals surface area (Å²) >= 11 is 0. The van der Waals surface area contributed by atoms with Gasteiger partial charge in [0.05, 0.1) is 0 Å². The average molecular weight is 345 g/mol. The zero-order valence-corrected chi connectivity index (χ0v) is 15.7. The number of hydrogen-bond acceptors (Lipinski definition) is 3. The molecule has 1 aromatic carbocycles. The Balaban J connectivity index is 2.06. The highest BCUT2D eigenvalue weighted by Gasteiger charge is 2.49. The summed E-state index contributed by atoms with van der Waals surface area (Å²) in [6.07, 6.45) is 1.02. The zero-order chi connectivity index (χ0) is 18.8. The van der Waals surface area contributed by atoms with Crippen LogP contribution in [0.1, 0.15) is 43.4 Å². The molecule has 1 N–H and O–H groups in total. The van der Waals surface area contributed by atoms with Gasteiger partial charge in [-0.3, -0.25) is 14.5 Å². The molecule has 0 aromatic heterocycles. The van der Waals surface area contributed by atoms with Crippen LogP contribution in [0.3, 0.4) is 0 Å². The lowest BCUT2D eigenvalue weighted by molar-refractivity contribution is -0.138. The molecule has 6 nitrogen and oxygen atoms in total. The van der Waals surface area contributed by atoms with E-state index >= 15 is 0 Å². The Morgan fingerprint density at radius 1 is 1.20 bits per heavy atom. The third kappa shape index (κ3) is 3.67. The molecule has 6 heteroatoms. The van der Waals surface area contributed by atoms with Crippen molar-refractivity contribution in [2.75, 3.05) is 13.6 Å². The van der Waals surface area contributed by atoms with Crippen LogP contribution < -0.4 is 5.32 Å². The minimum absolute atomic E-state index is 0.228. The van der Waals surface area contributed by atoms with Crippen molar-refractivity contribution in [2.45, 2.75) is 52.6 Å². The Labute approximate surface area is 149 Å². The van der Waals surface area contributed by atoms with Crippen molar-refractivity contribution in [3.05, 3.63) is 34.9 Å². The number of urea groups is 1. The van der Waals surface area contributed by atoms with Crippen molar-refractivity contribution in [3.63, 3.8) is 0 Å². The van der Waals surface area contributed by atoms with E-state index in [0.717, 1.165) is 16.0 Å². The van der Waals surface area contributed by atoms with E-state index in [0.29, 0.717) is 19.4 Å². The minimum atomic E-state index is -0.872. The molecular formula is C19H27N3O3. The number of benzene rings is 1. The molecule has 1 saturated heterocycles. The zero-order valence-electron chi connectivity index (χ0n) is 15.7. The normalized spacial score (nSPS) is 16.1. The molecule has 0 unspecified atom stereocenters. The summed E-state index contributed by atoms with van der Waals surface area (Å²) in [7, 11) is 1.69. The van der Waals surface area contributed by atoms with E-state index in [1.807, 2.05) is 39.8 Å². The molecule has 1 aromatic rings. The molecule has 1 aliphatic rings. The highest BCUT2D eigenvalue weighted by atomic mass is 16.2. The summed E-state index contributed by atoms with van der Waals surface area (Å²) in [6.45, 7) is 7.97. The lowest BCUT2D eigenvalue weighted by Crippen LogP contribution is -2.46. The predicted octanol–water partition coefficient (Wildman–Crippen LogP) is 2.37. The van der Waals surface area contributed by atoms with Gasteiger partial charge in [0.2, 0.25) is 5.91 Å². The van der Waals surface area contributed by atoms with Gasteiger partial charge in [-0.1, -0.05) is 37.6 Å². The van der Waals surface area contributed by atoms with E-state index < -0.39 is 11.6 Å². The van der Waals surface area contributed by atoms with Crippen LogP contribution in [-0.2, 0) is 16.1 Å². The third-order valence-electron chi connectivity index (χ3n) is 5.08. The first-order valence-corrected chi connectivity index (χ1v) is 8.68. The van der Waals surface area contributed by atoms with E-state index in [4.69, 9.17) is 0 Å². The van der Waals surface area contributed by atoms with E-state index in [2.05, 4.69) is 11.4 Å². The van der Waals surface area contributed by atoms with Crippen molar-refractivity contribution < 1.29 is 14.4 Å². The molecule has 0 atom stereocenters. The van der Waals surface area contributed by atoms with Crippen LogP contribution in [0, 0.1) is 13.8 Å². The largest absolute Gasteiger partial charge is 0.340 e. The second kappa shape index (κ2) is 7.25. The number of imide groups is 1. The standard InChI is InChI=1S/C19H27N3O3/c1-6-19(7-2)17(24)22(18(25)20-19)12-16(23)21(5)11-15-9-8-13(3)10-14(15)4/h8-10H,6-7,11-12H2,1-5H3,(H,20,25). The maximum Gasteiger partial charge on any atom is 0.325 e. The molecule has 0 radical (unpaired) electrons. The summed E-state index contributed by atoms with van der Waals surface area (Å²) in [4.78, 5) is 39.8. The number of carbonyl (C=O) groups is 3. The number of amides is 4. The van der Waals surface area contributed by atoms with E-state index in [-0.39, 0.29) is 18.4 Å². The van der Waals surface area contributed by atoms with Crippen molar-refractivity contribution >= 4 is 17.8 Å². The molecule has 1 aliphatic heterocycles.